The van der Waals surface area contributed by atoms with Crippen LogP contribution in [0.2, 0.25) is 0 Å². The third kappa shape index (κ3) is 4.19. The smallest absolute Gasteiger partial charge is 0.404 e. The maximum Gasteiger partial charge on any atom is 0.404 e. The van der Waals surface area contributed by atoms with Crippen molar-refractivity contribution in [3.8, 4) is 22.6 Å². The van der Waals surface area contributed by atoms with Gasteiger partial charge in [0.25, 0.3) is 0 Å². The standard InChI is InChI=1S/C26H24NO3.BrH/c1-4-30-26(28)25-24(19-10-6-5-7-11-19)23-13-9-8-12-22(23)18(2)27(25)20-14-16-21(29-3)17-15-20;/h5-17H,4H2,1-3H3;1H/q+1;/p-1. The Morgan fingerprint density at radius 1 is 0.871 bits per heavy atom. The molecule has 0 atom stereocenters. The highest BCUT2D eigenvalue weighted by atomic mass is 79.9. The molecule has 0 radical (unpaired) electrons. The lowest BCUT2D eigenvalue weighted by molar-refractivity contribution is -0.603. The second-order valence-electron chi connectivity index (χ2n) is 6.97. The number of carbonyl (C=O) groups is 1. The number of methoxy groups -OCH3 is 1. The number of fused-ring (bicyclic) bond motifs is 1. The molecule has 5 heteroatoms. The summed E-state index contributed by atoms with van der Waals surface area (Å²) in [5.74, 6) is 0.416. The van der Waals surface area contributed by atoms with E-state index < -0.39 is 0 Å². The minimum Gasteiger partial charge on any atom is -1.00 e. The fourth-order valence-corrected chi connectivity index (χ4v) is 3.89. The molecule has 3 aromatic carbocycles. The summed E-state index contributed by atoms with van der Waals surface area (Å²) in [6, 6.07) is 25.9. The number of halogens is 1. The Labute approximate surface area is 192 Å². The summed E-state index contributed by atoms with van der Waals surface area (Å²) >= 11 is 0. The molecule has 0 N–H and O–H groups in total. The van der Waals surface area contributed by atoms with E-state index in [0.29, 0.717) is 12.3 Å². The Hall–Kier alpha value is -3.18. The van der Waals surface area contributed by atoms with Crippen LogP contribution in [0.5, 0.6) is 5.75 Å². The molecule has 0 aliphatic rings. The molecule has 0 aliphatic carbocycles. The average molecular weight is 478 g/mol. The molecule has 0 spiro atoms. The molecule has 0 saturated carbocycles. The average Bonchev–Trinajstić information content (AvgIpc) is 2.80. The summed E-state index contributed by atoms with van der Waals surface area (Å²) in [5, 5.41) is 2.11. The Morgan fingerprint density at radius 3 is 2.10 bits per heavy atom. The van der Waals surface area contributed by atoms with Gasteiger partial charge in [0, 0.05) is 29.8 Å². The quantitative estimate of drug-likeness (QED) is 0.327. The zero-order chi connectivity index (χ0) is 21.1. The van der Waals surface area contributed by atoms with Crippen LogP contribution < -0.4 is 26.3 Å². The van der Waals surface area contributed by atoms with Gasteiger partial charge in [-0.1, -0.05) is 48.5 Å². The highest BCUT2D eigenvalue weighted by Crippen LogP contribution is 2.33. The van der Waals surface area contributed by atoms with Gasteiger partial charge in [-0.2, -0.15) is 4.57 Å². The van der Waals surface area contributed by atoms with Crippen LogP contribution in [0, 0.1) is 6.92 Å². The number of esters is 1. The highest BCUT2D eigenvalue weighted by molar-refractivity contribution is 6.06. The van der Waals surface area contributed by atoms with E-state index in [2.05, 4.69) is 12.1 Å². The van der Waals surface area contributed by atoms with E-state index >= 15 is 0 Å². The molecular weight excluding hydrogens is 454 g/mol. The lowest BCUT2D eigenvalue weighted by Gasteiger charge is -2.15. The fourth-order valence-electron chi connectivity index (χ4n) is 3.89. The van der Waals surface area contributed by atoms with Gasteiger partial charge in [0.1, 0.15) is 5.75 Å². The van der Waals surface area contributed by atoms with Crippen molar-refractivity contribution in [2.45, 2.75) is 13.8 Å². The molecule has 0 bridgehead atoms. The molecule has 0 aliphatic heterocycles. The number of pyridine rings is 1. The van der Waals surface area contributed by atoms with Crippen LogP contribution in [-0.2, 0) is 4.74 Å². The van der Waals surface area contributed by atoms with Gasteiger partial charge in [0.2, 0.25) is 5.69 Å². The van der Waals surface area contributed by atoms with Crippen LogP contribution in [0.3, 0.4) is 0 Å². The van der Waals surface area contributed by atoms with Gasteiger partial charge in [0.05, 0.1) is 19.3 Å². The SMILES string of the molecule is CCOC(=O)c1c(-c2ccccc2)c2ccccc2c(C)[n+]1-c1ccc(OC)cc1.[Br-]. The minimum atomic E-state index is -0.346. The first-order valence-corrected chi connectivity index (χ1v) is 10.00. The van der Waals surface area contributed by atoms with E-state index in [0.717, 1.165) is 39.0 Å². The summed E-state index contributed by atoms with van der Waals surface area (Å²) < 4.78 is 12.8. The van der Waals surface area contributed by atoms with Crippen molar-refractivity contribution in [1.29, 1.82) is 0 Å². The van der Waals surface area contributed by atoms with Gasteiger partial charge < -0.3 is 26.5 Å². The fraction of sp³-hybridized carbons (Fsp3) is 0.154. The number of aromatic nitrogens is 1. The van der Waals surface area contributed by atoms with Crippen molar-refractivity contribution in [2.24, 2.45) is 0 Å². The minimum absolute atomic E-state index is 0. The van der Waals surface area contributed by atoms with Crippen LogP contribution in [0.25, 0.3) is 27.6 Å². The van der Waals surface area contributed by atoms with Crippen LogP contribution in [-0.4, -0.2) is 19.7 Å². The molecule has 0 saturated heterocycles. The third-order valence-electron chi connectivity index (χ3n) is 5.24. The normalized spacial score (nSPS) is 10.4. The van der Waals surface area contributed by atoms with E-state index in [1.54, 1.807) is 7.11 Å². The molecule has 4 rings (SSSR count). The first-order chi connectivity index (χ1) is 14.7. The zero-order valence-electron chi connectivity index (χ0n) is 17.8. The van der Waals surface area contributed by atoms with Gasteiger partial charge in [-0.05, 0) is 30.7 Å². The molecule has 1 aromatic heterocycles. The maximum absolute atomic E-state index is 13.3. The first kappa shape index (κ1) is 22.5. The van der Waals surface area contributed by atoms with Gasteiger partial charge in [-0.15, -0.1) is 0 Å². The number of rotatable bonds is 5. The summed E-state index contributed by atoms with van der Waals surface area (Å²) in [4.78, 5) is 13.3. The van der Waals surface area contributed by atoms with E-state index in [1.807, 2.05) is 85.1 Å². The maximum atomic E-state index is 13.3. The third-order valence-corrected chi connectivity index (χ3v) is 5.24. The van der Waals surface area contributed by atoms with E-state index in [4.69, 9.17) is 9.47 Å². The molecule has 0 amide bonds. The van der Waals surface area contributed by atoms with Crippen molar-refractivity contribution in [2.75, 3.05) is 13.7 Å². The lowest BCUT2D eigenvalue weighted by atomic mass is 9.95. The summed E-state index contributed by atoms with van der Waals surface area (Å²) in [5.41, 5.74) is 4.20. The summed E-state index contributed by atoms with van der Waals surface area (Å²) in [7, 11) is 1.64. The van der Waals surface area contributed by atoms with Gasteiger partial charge >= 0.3 is 11.7 Å². The molecule has 4 nitrogen and oxygen atoms in total. The number of nitrogens with zero attached hydrogens (tertiary/aromatic N) is 1. The number of hydrogen-bond donors (Lipinski definition) is 0. The predicted molar refractivity (Wildman–Crippen MR) is 118 cm³/mol. The summed E-state index contributed by atoms with van der Waals surface area (Å²) in [6.07, 6.45) is 0. The van der Waals surface area contributed by atoms with Crippen molar-refractivity contribution in [3.63, 3.8) is 0 Å². The Morgan fingerprint density at radius 2 is 1.48 bits per heavy atom. The van der Waals surface area contributed by atoms with Crippen molar-refractivity contribution < 1.29 is 35.8 Å². The van der Waals surface area contributed by atoms with Gasteiger partial charge in [-0.25, -0.2) is 4.79 Å². The van der Waals surface area contributed by atoms with Gasteiger partial charge in [0.15, 0.2) is 5.69 Å². The highest BCUT2D eigenvalue weighted by Gasteiger charge is 2.33. The van der Waals surface area contributed by atoms with Crippen molar-refractivity contribution >= 4 is 16.7 Å². The summed E-state index contributed by atoms with van der Waals surface area (Å²) in [6.45, 7) is 4.16. The number of hydrogen-bond acceptors (Lipinski definition) is 3. The lowest BCUT2D eigenvalue weighted by Crippen LogP contribution is -3.00. The largest absolute Gasteiger partial charge is 1.00 e. The molecule has 0 unspecified atom stereocenters. The monoisotopic (exact) mass is 477 g/mol. The first-order valence-electron chi connectivity index (χ1n) is 10.00. The van der Waals surface area contributed by atoms with Crippen molar-refractivity contribution in [1.82, 2.24) is 0 Å². The zero-order valence-corrected chi connectivity index (χ0v) is 19.3. The number of benzene rings is 3. The Balaban J connectivity index is 0.00000272. The van der Waals surface area contributed by atoms with E-state index in [9.17, 15) is 4.79 Å². The predicted octanol–water partition coefficient (Wildman–Crippen LogP) is 2.28. The molecule has 31 heavy (non-hydrogen) atoms. The van der Waals surface area contributed by atoms with E-state index in [1.165, 1.54) is 0 Å². The van der Waals surface area contributed by atoms with Crippen LogP contribution in [0.1, 0.15) is 23.1 Å². The van der Waals surface area contributed by atoms with Crippen LogP contribution >= 0.6 is 0 Å². The number of ether oxygens (including phenoxy) is 2. The Kier molecular flexibility index (Phi) is 7.08. The van der Waals surface area contributed by atoms with Crippen molar-refractivity contribution in [3.05, 3.63) is 90.3 Å². The van der Waals surface area contributed by atoms with Crippen LogP contribution in [0.4, 0.5) is 0 Å². The van der Waals surface area contributed by atoms with Gasteiger partial charge in [-0.3, -0.25) is 0 Å². The number of aryl methyl sites for hydroxylation is 1. The molecular formula is C26H24BrNO3. The molecule has 1 heterocycles. The second-order valence-corrected chi connectivity index (χ2v) is 6.97. The van der Waals surface area contributed by atoms with E-state index in [-0.39, 0.29) is 23.0 Å². The molecule has 4 aromatic rings. The topological polar surface area (TPSA) is 39.4 Å². The Bertz CT molecular complexity index is 1200. The molecule has 0 fully saturated rings. The second kappa shape index (κ2) is 9.75. The number of carbonyl (C=O) groups excluding carboxylic acids is 1. The van der Waals surface area contributed by atoms with Crippen LogP contribution in [0.15, 0.2) is 78.9 Å². The molecule has 158 valence electrons.